The summed E-state index contributed by atoms with van der Waals surface area (Å²) in [6.45, 7) is 14.4. The van der Waals surface area contributed by atoms with E-state index in [1.165, 1.54) is 133 Å². The Morgan fingerprint density at radius 2 is 0.928 bits per heavy atom. The second-order valence-corrected chi connectivity index (χ2v) is 18.4. The summed E-state index contributed by atoms with van der Waals surface area (Å²) in [5, 5.41) is 20.1. The number of alkyl halides is 13. The minimum atomic E-state index is -4.50. The Morgan fingerprint density at radius 1 is 0.627 bits per heavy atom. The van der Waals surface area contributed by atoms with Crippen molar-refractivity contribution < 1.29 is 270 Å². The first-order valence-electron chi connectivity index (χ1n) is 23.8. The van der Waals surface area contributed by atoms with Crippen molar-refractivity contribution >= 4 is 215 Å². The molecule has 4 aliphatic rings. The van der Waals surface area contributed by atoms with Crippen LogP contribution in [-0.2, 0) is 29.4 Å². The van der Waals surface area contributed by atoms with Gasteiger partial charge in [-0.1, -0.05) is 45.8 Å². The Bertz CT molecular complexity index is 2440. The molecule has 37 heteroatoms. The van der Waals surface area contributed by atoms with Crippen LogP contribution in [0.2, 0.25) is 10.3 Å². The third-order valence-corrected chi connectivity index (χ3v) is 12.0. The summed E-state index contributed by atoms with van der Waals surface area (Å²) < 4.78 is 164. The molecule has 1 amide bonds. The van der Waals surface area contributed by atoms with Gasteiger partial charge in [-0.15, -0.1) is 0 Å². The SMILES string of the molecule is CI.C[O-].Cc1cc(C(F)(F)F)cnc1Cl.Cc1cc(C(F)(F)F)cnc1OCC1[C@H]2CN(C(=O)OC(C)(C)C)C[C@@H]12.Cc1cc(C(F)(F)F)cnc1OCC1[C@H]2CNC[C@@H]12.II.Oc1cc(C(F)(F)F)cnc1Cl.[H-].[H-].[H-].[K+].[K+].[K+].[K][K].[K][K].[Na+]. The maximum atomic E-state index is 12.7. The van der Waals surface area contributed by atoms with Crippen LogP contribution in [0, 0.1) is 56.3 Å². The van der Waals surface area contributed by atoms with Crippen molar-refractivity contribution in [2.75, 3.05) is 51.4 Å². The minimum absolute atomic E-state index is 0. The van der Waals surface area contributed by atoms with Gasteiger partial charge in [-0.2, -0.15) is 59.8 Å². The number of carbonyl (C=O) groups excluding carboxylic acids is 1. The van der Waals surface area contributed by atoms with Crippen molar-refractivity contribution in [1.29, 1.82) is 0 Å². The molecule has 0 radical (unpaired) electrons. The molecule has 12 nitrogen and oxygen atoms in total. The molecule has 0 bridgehead atoms. The molecule has 2 aliphatic heterocycles. The summed E-state index contributed by atoms with van der Waals surface area (Å²) in [5.74, 6) is 2.77. The largest absolute Gasteiger partial charge is 1.00 e. The third kappa shape index (κ3) is 38.3. The van der Waals surface area contributed by atoms with Gasteiger partial charge < -0.3 is 38.9 Å². The Kier molecular flexibility index (Phi) is 62.0. The average molecular weight is 1760 g/mol. The fraction of sp³-hybridized carbons (Fsp3) is 0.543. The van der Waals surface area contributed by atoms with Crippen LogP contribution in [0.1, 0.15) is 64.0 Å². The van der Waals surface area contributed by atoms with Crippen molar-refractivity contribution in [3.63, 3.8) is 0 Å². The monoisotopic (exact) mass is 1760 g/mol. The quantitative estimate of drug-likeness (QED) is 0.0903. The van der Waals surface area contributed by atoms with E-state index >= 15 is 0 Å². The van der Waals surface area contributed by atoms with Crippen LogP contribution < -0.4 is 204 Å². The number of fused-ring (bicyclic) bond motifs is 2. The van der Waals surface area contributed by atoms with Crippen molar-refractivity contribution in [2.24, 2.45) is 35.5 Å². The first-order valence-corrected chi connectivity index (χ1v) is 65.0. The zero-order valence-electron chi connectivity index (χ0n) is 52.0. The Morgan fingerprint density at radius 3 is 1.23 bits per heavy atom. The number of amides is 1. The van der Waals surface area contributed by atoms with Crippen LogP contribution in [0.4, 0.5) is 57.5 Å². The maximum Gasteiger partial charge on any atom is 1.00 e. The Hall–Kier alpha value is 9.57. The van der Waals surface area contributed by atoms with Gasteiger partial charge in [0.25, 0.3) is 0 Å². The van der Waals surface area contributed by atoms with Crippen LogP contribution in [0.3, 0.4) is 0 Å². The molecule has 6 atom stereocenters. The predicted octanol–water partition coefficient (Wildman–Crippen LogP) is 0.305. The van der Waals surface area contributed by atoms with Gasteiger partial charge in [0.05, 0.1) is 35.5 Å². The van der Waals surface area contributed by atoms with Crippen LogP contribution in [-0.4, -0.2) is 219 Å². The molecule has 2 aliphatic carbocycles. The van der Waals surface area contributed by atoms with Gasteiger partial charge in [-0.25, -0.2) is 24.7 Å². The van der Waals surface area contributed by atoms with Gasteiger partial charge in [0, 0.05) is 98.1 Å². The second kappa shape index (κ2) is 50.8. The van der Waals surface area contributed by atoms with Gasteiger partial charge in [0.1, 0.15) is 10.8 Å². The predicted molar refractivity (Wildman–Crippen MR) is 306 cm³/mol. The molecule has 2 unspecified atom stereocenters. The summed E-state index contributed by atoms with van der Waals surface area (Å²) >= 11 is 22.0. The van der Waals surface area contributed by atoms with Crippen molar-refractivity contribution in [2.45, 2.75) is 71.8 Å². The molecule has 6 heterocycles. The molecule has 0 spiro atoms. The van der Waals surface area contributed by atoms with Gasteiger partial charge in [0.15, 0.2) is 10.9 Å². The molecule has 2 saturated carbocycles. The molecule has 2 N–H and O–H groups in total. The molecule has 8 rings (SSSR count). The van der Waals surface area contributed by atoms with Crippen LogP contribution in [0.25, 0.3) is 0 Å². The minimum Gasteiger partial charge on any atom is 1.00 e. The van der Waals surface area contributed by atoms with Crippen LogP contribution >= 0.6 is 83.0 Å². The Labute approximate surface area is 768 Å². The summed E-state index contributed by atoms with van der Waals surface area (Å²) in [4.78, 5) is 29.8. The maximum absolute atomic E-state index is 12.7. The normalized spacial score (nSPS) is 18.3. The fourth-order valence-corrected chi connectivity index (χ4v) is 7.76. The van der Waals surface area contributed by atoms with Crippen molar-refractivity contribution in [3.8, 4) is 17.5 Å². The number of ether oxygens (including phenoxy) is 3. The fourth-order valence-electron chi connectivity index (χ4n) is 7.56. The molecule has 83 heavy (non-hydrogen) atoms. The topological polar surface area (TPSA) is 155 Å². The van der Waals surface area contributed by atoms with E-state index < -0.39 is 58.3 Å². The average Bonchev–Trinajstić information content (AvgIpc) is 4.02. The number of piperidine rings is 2. The van der Waals surface area contributed by atoms with Crippen LogP contribution in [0.15, 0.2) is 49.1 Å². The first-order chi connectivity index (χ1) is 36.7. The zero-order valence-corrected chi connectivity index (χ0v) is 80.8. The molecule has 4 aromatic heterocycles. The summed E-state index contributed by atoms with van der Waals surface area (Å²) in [7, 11) is 0.750. The number of nitrogens with zero attached hydrogens (tertiary/aromatic N) is 5. The molecule has 0 aromatic carbocycles. The summed E-state index contributed by atoms with van der Waals surface area (Å²) in [6.07, 6.45) is -15.0. The van der Waals surface area contributed by atoms with Gasteiger partial charge in [-0.05, 0) is 113 Å². The van der Waals surface area contributed by atoms with E-state index in [4.69, 9.17) is 47.6 Å². The van der Waals surface area contributed by atoms with Gasteiger partial charge in [0.2, 0.25) is 11.8 Å². The third-order valence-electron chi connectivity index (χ3n) is 11.3. The van der Waals surface area contributed by atoms with E-state index in [9.17, 15) is 57.5 Å². The molecule has 4 aromatic rings. The number of likely N-dealkylation sites (tertiary alicyclic amines) is 1. The number of aryl methyl sites for hydroxylation is 3. The van der Waals surface area contributed by atoms with Crippen LogP contribution in [0.5, 0.6) is 17.5 Å². The molecular formula is C46H55Cl2F12I3K7N6NaO6. The number of aromatic nitrogens is 4. The number of carbonyl (C=O) groups is 1. The van der Waals surface area contributed by atoms with E-state index in [2.05, 4.69) is 85.1 Å². The number of hydrogen-bond donors (Lipinski definition) is 2. The summed E-state index contributed by atoms with van der Waals surface area (Å²) in [5.41, 5.74) is -2.71. The number of aromatic hydroxyl groups is 1. The number of rotatable bonds is 6. The van der Waals surface area contributed by atoms with Crippen molar-refractivity contribution in [1.82, 2.24) is 30.2 Å². The number of hydrogen-bond acceptors (Lipinski definition) is 11. The van der Waals surface area contributed by atoms with E-state index in [1.807, 2.05) is 25.7 Å². The zero-order chi connectivity index (χ0) is 61.6. The number of nitrogens with one attached hydrogen (secondary N) is 1. The Balaban J connectivity index is -0.000000151. The molecule has 432 valence electrons. The van der Waals surface area contributed by atoms with Crippen molar-refractivity contribution in [3.05, 3.63) is 98.3 Å². The second-order valence-electron chi connectivity index (χ2n) is 17.7. The molecular weight excluding hydrogens is 1710 g/mol. The van der Waals surface area contributed by atoms with E-state index in [1.54, 1.807) is 18.7 Å². The number of pyridine rings is 4. The standard InChI is InChI=1S/C18H23F3N2O3.C13H15F3N2O.C7H5ClF3N.C6H3ClF3NO.CH3I.CH3O.I2.7K.Na.3H/c1-10-5-11(18(19,20)21)6-22-15(10)25-9-14-12-7-23(8-13(12)14)16(24)26-17(2,3)4;1-7-2-8(13(14,15)16)3-18-12(7)19-6-11-9-4-17-5-10(9)11;1-4-2-5(7(9,10)11)3-12-6(4)8;7-5-4(12)1-3(2-11-5)6(8,9)10;3*1-2;;;;;;;;;;;/h5-6,12-14H,7-9H2,1-4H3;2-3,9-11,17H,4-6H2,1H3;2-3H,1H3;1-2,12H;2*1H3;;;;;;;;;;;;/q;;;;;-1;;;;;;4*+1;3*-1/t12-,13+,14?;9-,10+,11?;;;;;;;;;;;;;;;;. The van der Waals surface area contributed by atoms with E-state index in [-0.39, 0.29) is 210 Å². The van der Waals surface area contributed by atoms with E-state index in [0.717, 1.165) is 57.0 Å². The van der Waals surface area contributed by atoms with E-state index in [0.29, 0.717) is 96.6 Å². The smallest absolute Gasteiger partial charge is 1.00 e. The summed E-state index contributed by atoms with van der Waals surface area (Å²) in [6, 6.07) is 3.61. The van der Waals surface area contributed by atoms with Gasteiger partial charge in [-0.3, -0.25) is 0 Å². The molecule has 4 fully saturated rings. The first kappa shape index (κ1) is 101. The van der Waals surface area contributed by atoms with Gasteiger partial charge >= 0.3 is 341 Å². The molecule has 2 saturated heterocycles. The number of halogens is 17.